The Hall–Kier alpha value is -5.06. The molecule has 0 bridgehead atoms. The van der Waals surface area contributed by atoms with Gasteiger partial charge in [0.1, 0.15) is 23.0 Å². The van der Waals surface area contributed by atoms with E-state index in [1.54, 1.807) is 18.0 Å². The van der Waals surface area contributed by atoms with Crippen molar-refractivity contribution in [1.29, 1.82) is 0 Å². The van der Waals surface area contributed by atoms with Gasteiger partial charge in [-0.25, -0.2) is 4.98 Å². The zero-order valence-electron chi connectivity index (χ0n) is 26.9. The number of nitrogens with zero attached hydrogens (tertiary/aromatic N) is 4. The first kappa shape index (κ1) is 32.5. The summed E-state index contributed by atoms with van der Waals surface area (Å²) in [6, 6.07) is 37.1. The Kier molecular flexibility index (Phi) is 9.16. The molecule has 0 aliphatic heterocycles. The van der Waals surface area contributed by atoms with Gasteiger partial charge in [-0.2, -0.15) is 9.97 Å². The number of benzene rings is 4. The molecular formula is C39H36ClN5O4. The third kappa shape index (κ3) is 6.06. The minimum atomic E-state index is -1.15. The number of hydrogen-bond acceptors (Lipinski definition) is 8. The molecule has 2 aromatic heterocycles. The molecule has 4 aromatic carbocycles. The normalized spacial score (nSPS) is 19.4. The lowest BCUT2D eigenvalue weighted by atomic mass is 9.79. The first-order chi connectivity index (χ1) is 23.9. The van der Waals surface area contributed by atoms with Gasteiger partial charge in [0.15, 0.2) is 10.8 Å². The van der Waals surface area contributed by atoms with Gasteiger partial charge in [0.25, 0.3) is 0 Å². The minimum absolute atomic E-state index is 0.000397. The first-order valence-corrected chi connectivity index (χ1v) is 16.4. The van der Waals surface area contributed by atoms with Gasteiger partial charge >= 0.3 is 0 Å². The lowest BCUT2D eigenvalue weighted by Gasteiger charge is -2.40. The fraction of sp³-hybridized carbons (Fsp3) is 0.205. The molecule has 0 spiro atoms. The van der Waals surface area contributed by atoms with Crippen LogP contribution in [0.15, 0.2) is 134 Å². The van der Waals surface area contributed by atoms with E-state index in [1.165, 1.54) is 0 Å². The van der Waals surface area contributed by atoms with Gasteiger partial charge in [0, 0.05) is 5.92 Å². The van der Waals surface area contributed by atoms with E-state index in [0.29, 0.717) is 29.1 Å². The van der Waals surface area contributed by atoms with E-state index < -0.39 is 29.8 Å². The van der Waals surface area contributed by atoms with E-state index in [2.05, 4.69) is 21.5 Å². The van der Waals surface area contributed by atoms with E-state index in [9.17, 15) is 5.11 Å². The van der Waals surface area contributed by atoms with Crippen LogP contribution in [0.4, 0.5) is 5.95 Å². The van der Waals surface area contributed by atoms with Gasteiger partial charge < -0.3 is 29.6 Å². The summed E-state index contributed by atoms with van der Waals surface area (Å²) in [7, 11) is 1.64. The number of aliphatic hydroxyl groups excluding tert-OH is 1. The Bertz CT molecular complexity index is 2000. The lowest BCUT2D eigenvalue weighted by molar-refractivity contribution is -0.119. The van der Waals surface area contributed by atoms with Crippen molar-refractivity contribution in [3.8, 4) is 5.75 Å². The Morgan fingerprint density at radius 2 is 1.45 bits per heavy atom. The summed E-state index contributed by atoms with van der Waals surface area (Å²) < 4.78 is 21.1. The first-order valence-electron chi connectivity index (χ1n) is 16.0. The molecule has 0 saturated heterocycles. The highest BCUT2D eigenvalue weighted by atomic mass is 35.5. The van der Waals surface area contributed by atoms with Crippen molar-refractivity contribution < 1.29 is 19.3 Å². The van der Waals surface area contributed by atoms with Crippen LogP contribution in [0.5, 0.6) is 5.75 Å². The monoisotopic (exact) mass is 673 g/mol. The topological polar surface area (TPSA) is 118 Å². The zero-order chi connectivity index (χ0) is 34.0. The number of aromatic nitrogens is 4. The molecule has 0 radical (unpaired) electrons. The van der Waals surface area contributed by atoms with Gasteiger partial charge in [0.2, 0.25) is 5.95 Å². The average Bonchev–Trinajstić information content (AvgIpc) is 3.65. The van der Waals surface area contributed by atoms with Gasteiger partial charge in [-0.05, 0) is 40.0 Å². The molecule has 49 heavy (non-hydrogen) atoms. The number of methoxy groups -OCH3 is 1. The van der Waals surface area contributed by atoms with Crippen molar-refractivity contribution >= 4 is 28.7 Å². The van der Waals surface area contributed by atoms with E-state index in [0.717, 1.165) is 22.3 Å². The summed E-state index contributed by atoms with van der Waals surface area (Å²) in [4.78, 5) is 13.0. The number of nitrogen functional groups attached to an aromatic ring is 1. The van der Waals surface area contributed by atoms with E-state index in [4.69, 9.17) is 31.5 Å². The van der Waals surface area contributed by atoms with Crippen LogP contribution in [0.2, 0.25) is 5.15 Å². The minimum Gasteiger partial charge on any atom is -0.497 e. The molecule has 0 amide bonds. The van der Waals surface area contributed by atoms with E-state index in [1.807, 2.05) is 115 Å². The molecule has 4 atom stereocenters. The molecule has 248 valence electrons. The van der Waals surface area contributed by atoms with E-state index in [-0.39, 0.29) is 17.7 Å². The van der Waals surface area contributed by atoms with Crippen LogP contribution < -0.4 is 10.5 Å². The highest BCUT2D eigenvalue weighted by Gasteiger charge is 2.52. The predicted molar refractivity (Wildman–Crippen MR) is 189 cm³/mol. The van der Waals surface area contributed by atoms with Crippen molar-refractivity contribution in [3.05, 3.63) is 161 Å². The summed E-state index contributed by atoms with van der Waals surface area (Å²) in [5, 5.41) is 12.6. The predicted octanol–water partition coefficient (Wildman–Crippen LogP) is 6.75. The number of nitrogens with two attached hydrogens (primary N) is 1. The number of anilines is 1. The molecule has 9 nitrogen and oxygen atoms in total. The summed E-state index contributed by atoms with van der Waals surface area (Å²) in [6.07, 6.45) is -0.322. The Balaban J connectivity index is 1.37. The number of hydrogen-bond donors (Lipinski definition) is 2. The summed E-state index contributed by atoms with van der Waals surface area (Å²) in [5.74, 6) is 0.271. The van der Waals surface area contributed by atoms with Gasteiger partial charge in [-0.1, -0.05) is 121 Å². The van der Waals surface area contributed by atoms with Gasteiger partial charge in [-0.15, -0.1) is 0 Å². The molecule has 1 aliphatic rings. The molecule has 6 aromatic rings. The molecule has 7 rings (SSSR count). The molecule has 0 unspecified atom stereocenters. The highest BCUT2D eigenvalue weighted by molar-refractivity contribution is 6.33. The maximum Gasteiger partial charge on any atom is 0.223 e. The number of halogens is 1. The Morgan fingerprint density at radius 1 is 0.857 bits per heavy atom. The van der Waals surface area contributed by atoms with Gasteiger partial charge in [0.05, 0.1) is 38.8 Å². The van der Waals surface area contributed by atoms with Crippen molar-refractivity contribution in [3.63, 3.8) is 0 Å². The van der Waals surface area contributed by atoms with Crippen molar-refractivity contribution in [2.75, 3.05) is 19.5 Å². The SMILES string of the molecule is C=C1[C@@H](COCc2ccccc2)[C@H](OC(c2ccccc2)(c2ccccc2)c2ccc(OC)cc2)[C@H](O)[C@H]1n1cnc2c(Cl)nc(N)nc21. The fourth-order valence-electron chi connectivity index (χ4n) is 6.82. The number of ether oxygens (including phenoxy) is 3. The molecule has 10 heteroatoms. The summed E-state index contributed by atoms with van der Waals surface area (Å²) >= 11 is 6.41. The Morgan fingerprint density at radius 3 is 2.06 bits per heavy atom. The maximum atomic E-state index is 12.4. The molecule has 2 heterocycles. The fourth-order valence-corrected chi connectivity index (χ4v) is 7.04. The standard InChI is InChI=1S/C39H36ClN5O4/c1-25-31(23-48-22-26-12-6-3-7-13-26)35(34(46)33(25)45-24-42-32-36(40)43-38(41)44-37(32)45)49-39(27-14-8-4-9-15-27,28-16-10-5-11-17-28)29-18-20-30(47-2)21-19-29/h3-21,24,31,33-35,46H,1,22-23H2,2H3,(H2,41,43,44)/t31-,33+,34-,35+/m1/s1. The third-order valence-electron chi connectivity index (χ3n) is 9.19. The van der Waals surface area contributed by atoms with Crippen molar-refractivity contribution in [2.24, 2.45) is 5.92 Å². The summed E-state index contributed by atoms with van der Waals surface area (Å²) in [6.45, 7) is 5.15. The number of fused-ring (bicyclic) bond motifs is 1. The van der Waals surface area contributed by atoms with Crippen LogP contribution in [0.3, 0.4) is 0 Å². The average molecular weight is 674 g/mol. The third-order valence-corrected chi connectivity index (χ3v) is 9.45. The second kappa shape index (κ2) is 13.8. The number of imidazole rings is 1. The highest BCUT2D eigenvalue weighted by Crippen LogP contribution is 2.49. The second-order valence-corrected chi connectivity index (χ2v) is 12.4. The molecular weight excluding hydrogens is 638 g/mol. The summed E-state index contributed by atoms with van der Waals surface area (Å²) in [5.41, 5.74) is 9.98. The molecule has 1 fully saturated rings. The van der Waals surface area contributed by atoms with Crippen LogP contribution >= 0.6 is 11.6 Å². The molecule has 1 saturated carbocycles. The number of aliphatic hydroxyl groups is 1. The largest absolute Gasteiger partial charge is 0.497 e. The number of rotatable bonds is 11. The second-order valence-electron chi connectivity index (χ2n) is 12.0. The Labute approximate surface area is 289 Å². The zero-order valence-corrected chi connectivity index (χ0v) is 27.6. The maximum absolute atomic E-state index is 12.4. The van der Waals surface area contributed by atoms with Crippen LogP contribution in [-0.4, -0.2) is 50.6 Å². The smallest absolute Gasteiger partial charge is 0.223 e. The van der Waals surface area contributed by atoms with Crippen molar-refractivity contribution in [2.45, 2.75) is 30.5 Å². The quantitative estimate of drug-likeness (QED) is 0.0881. The molecule has 1 aliphatic carbocycles. The van der Waals surface area contributed by atoms with Gasteiger partial charge in [-0.3, -0.25) is 0 Å². The van der Waals surface area contributed by atoms with Crippen molar-refractivity contribution in [1.82, 2.24) is 19.5 Å². The van der Waals surface area contributed by atoms with E-state index >= 15 is 0 Å². The van der Waals surface area contributed by atoms with Crippen LogP contribution in [0.1, 0.15) is 28.3 Å². The van der Waals surface area contributed by atoms with Crippen LogP contribution in [-0.2, 0) is 21.7 Å². The van der Waals surface area contributed by atoms with Crippen LogP contribution in [0, 0.1) is 5.92 Å². The lowest BCUT2D eigenvalue weighted by Crippen LogP contribution is -2.43. The molecule has 3 N–H and O–H groups in total. The van der Waals surface area contributed by atoms with Crippen LogP contribution in [0.25, 0.3) is 11.2 Å².